The van der Waals surface area contributed by atoms with Crippen molar-refractivity contribution in [2.75, 3.05) is 13.2 Å². The Morgan fingerprint density at radius 1 is 1.50 bits per heavy atom. The van der Waals surface area contributed by atoms with E-state index in [9.17, 15) is 5.11 Å². The molecule has 0 aromatic carbocycles. The summed E-state index contributed by atoms with van der Waals surface area (Å²) in [5, 5.41) is 13.7. The maximum Gasteiger partial charge on any atom is 0.0818 e. The van der Waals surface area contributed by atoms with Crippen molar-refractivity contribution in [3.63, 3.8) is 0 Å². The second-order valence-electron chi connectivity index (χ2n) is 4.73. The summed E-state index contributed by atoms with van der Waals surface area (Å²) in [6.07, 6.45) is 5.40. The molecule has 82 valence electrons. The molecule has 0 aromatic heterocycles. The predicted octanol–water partition coefficient (Wildman–Crippen LogP) is 1.06. The van der Waals surface area contributed by atoms with Gasteiger partial charge in [-0.1, -0.05) is 6.92 Å². The lowest BCUT2D eigenvalue weighted by Gasteiger charge is -2.36. The van der Waals surface area contributed by atoms with Crippen LogP contribution in [0.15, 0.2) is 0 Å². The molecule has 0 spiro atoms. The second-order valence-corrected chi connectivity index (χ2v) is 4.73. The van der Waals surface area contributed by atoms with Crippen LogP contribution in [0, 0.1) is 0 Å². The van der Waals surface area contributed by atoms with Crippen LogP contribution in [-0.2, 0) is 4.74 Å². The first-order chi connectivity index (χ1) is 6.72. The molecule has 1 saturated heterocycles. The smallest absolute Gasteiger partial charge is 0.0818 e. The summed E-state index contributed by atoms with van der Waals surface area (Å²) in [6, 6.07) is 0.682. The first-order valence-corrected chi connectivity index (χ1v) is 5.79. The molecular formula is C11H21NO2. The molecule has 0 bridgehead atoms. The Hall–Kier alpha value is -0.120. The highest BCUT2D eigenvalue weighted by Crippen LogP contribution is 2.27. The van der Waals surface area contributed by atoms with Gasteiger partial charge in [-0.2, -0.15) is 0 Å². The molecule has 2 atom stereocenters. The van der Waals surface area contributed by atoms with Crippen LogP contribution in [-0.4, -0.2) is 36.0 Å². The van der Waals surface area contributed by atoms with Crippen molar-refractivity contribution in [2.45, 2.75) is 56.8 Å². The van der Waals surface area contributed by atoms with Crippen molar-refractivity contribution < 1.29 is 9.84 Å². The van der Waals surface area contributed by atoms with Crippen molar-refractivity contribution in [3.8, 4) is 0 Å². The van der Waals surface area contributed by atoms with Crippen LogP contribution in [0.4, 0.5) is 0 Å². The van der Waals surface area contributed by atoms with Gasteiger partial charge in [0.2, 0.25) is 0 Å². The summed E-state index contributed by atoms with van der Waals surface area (Å²) >= 11 is 0. The van der Waals surface area contributed by atoms with Crippen molar-refractivity contribution in [1.29, 1.82) is 0 Å². The summed E-state index contributed by atoms with van der Waals surface area (Å²) in [6.45, 7) is 3.57. The number of hydrogen-bond acceptors (Lipinski definition) is 3. The van der Waals surface area contributed by atoms with E-state index in [1.165, 1.54) is 12.8 Å². The van der Waals surface area contributed by atoms with Crippen molar-refractivity contribution in [1.82, 2.24) is 5.32 Å². The standard InChI is InChI=1S/C11H21NO2/c1-2-10-7-11(13,5-6-14-10)8-12-9-3-4-9/h9-10,12-13H,2-8H2,1H3. The van der Waals surface area contributed by atoms with Gasteiger partial charge in [0.15, 0.2) is 0 Å². The topological polar surface area (TPSA) is 41.5 Å². The average Bonchev–Trinajstić information content (AvgIpc) is 2.98. The molecule has 1 heterocycles. The Balaban J connectivity index is 1.79. The molecule has 0 radical (unpaired) electrons. The maximum absolute atomic E-state index is 10.3. The van der Waals surface area contributed by atoms with E-state index in [0.717, 1.165) is 25.8 Å². The minimum absolute atomic E-state index is 0.259. The fourth-order valence-corrected chi connectivity index (χ4v) is 2.04. The molecule has 2 aliphatic rings. The van der Waals surface area contributed by atoms with E-state index in [2.05, 4.69) is 12.2 Å². The Morgan fingerprint density at radius 3 is 2.93 bits per heavy atom. The van der Waals surface area contributed by atoms with Gasteiger partial charge in [0.05, 0.1) is 11.7 Å². The van der Waals surface area contributed by atoms with Gasteiger partial charge in [-0.15, -0.1) is 0 Å². The van der Waals surface area contributed by atoms with E-state index in [1.807, 2.05) is 0 Å². The van der Waals surface area contributed by atoms with Crippen molar-refractivity contribution >= 4 is 0 Å². The van der Waals surface area contributed by atoms with E-state index < -0.39 is 5.60 Å². The number of rotatable bonds is 4. The molecule has 2 unspecified atom stereocenters. The minimum atomic E-state index is -0.512. The Kier molecular flexibility index (Phi) is 3.10. The van der Waals surface area contributed by atoms with E-state index >= 15 is 0 Å². The summed E-state index contributed by atoms with van der Waals surface area (Å²) < 4.78 is 5.56. The van der Waals surface area contributed by atoms with Gasteiger partial charge in [0.1, 0.15) is 0 Å². The monoisotopic (exact) mass is 199 g/mol. The Bertz CT molecular complexity index is 194. The first kappa shape index (κ1) is 10.4. The third-order valence-corrected chi connectivity index (χ3v) is 3.28. The third-order valence-electron chi connectivity index (χ3n) is 3.28. The molecule has 2 fully saturated rings. The zero-order valence-electron chi connectivity index (χ0n) is 8.96. The molecule has 0 amide bonds. The van der Waals surface area contributed by atoms with Gasteiger partial charge in [0.25, 0.3) is 0 Å². The Morgan fingerprint density at radius 2 is 2.29 bits per heavy atom. The fraction of sp³-hybridized carbons (Fsp3) is 1.00. The largest absolute Gasteiger partial charge is 0.388 e. The normalized spacial score (nSPS) is 38.6. The molecule has 14 heavy (non-hydrogen) atoms. The molecule has 0 aromatic rings. The summed E-state index contributed by atoms with van der Waals surface area (Å²) in [4.78, 5) is 0. The molecule has 3 nitrogen and oxygen atoms in total. The van der Waals surface area contributed by atoms with Gasteiger partial charge in [-0.05, 0) is 19.3 Å². The van der Waals surface area contributed by atoms with Crippen LogP contribution in [0.5, 0.6) is 0 Å². The zero-order chi connectivity index (χ0) is 10.0. The SMILES string of the molecule is CCC1CC(O)(CNC2CC2)CCO1. The molecule has 1 aliphatic heterocycles. The van der Waals surface area contributed by atoms with Crippen LogP contribution in [0.3, 0.4) is 0 Å². The van der Waals surface area contributed by atoms with Crippen molar-refractivity contribution in [2.24, 2.45) is 0 Å². The number of ether oxygens (including phenoxy) is 1. The first-order valence-electron chi connectivity index (χ1n) is 5.79. The van der Waals surface area contributed by atoms with Gasteiger partial charge in [0, 0.05) is 32.0 Å². The number of aliphatic hydroxyl groups is 1. The Labute approximate surface area is 85.8 Å². The van der Waals surface area contributed by atoms with Gasteiger partial charge >= 0.3 is 0 Å². The lowest BCUT2D eigenvalue weighted by Crippen LogP contribution is -2.48. The maximum atomic E-state index is 10.3. The highest BCUT2D eigenvalue weighted by atomic mass is 16.5. The van der Waals surface area contributed by atoms with Gasteiger partial charge in [-0.25, -0.2) is 0 Å². The van der Waals surface area contributed by atoms with E-state index in [-0.39, 0.29) is 6.10 Å². The molecule has 2 rings (SSSR count). The van der Waals surface area contributed by atoms with Crippen LogP contribution < -0.4 is 5.32 Å². The number of nitrogens with one attached hydrogen (secondary N) is 1. The predicted molar refractivity (Wildman–Crippen MR) is 55.2 cm³/mol. The lowest BCUT2D eigenvalue weighted by molar-refractivity contribution is -0.102. The van der Waals surface area contributed by atoms with Crippen LogP contribution >= 0.6 is 0 Å². The molecule has 2 N–H and O–H groups in total. The van der Waals surface area contributed by atoms with E-state index in [0.29, 0.717) is 12.6 Å². The number of hydrogen-bond donors (Lipinski definition) is 2. The average molecular weight is 199 g/mol. The van der Waals surface area contributed by atoms with Crippen LogP contribution in [0.25, 0.3) is 0 Å². The second kappa shape index (κ2) is 4.17. The molecule has 3 heteroatoms. The third kappa shape index (κ3) is 2.69. The highest BCUT2D eigenvalue weighted by Gasteiger charge is 2.35. The van der Waals surface area contributed by atoms with Crippen LogP contribution in [0.1, 0.15) is 39.0 Å². The van der Waals surface area contributed by atoms with Gasteiger partial charge in [-0.3, -0.25) is 0 Å². The molecular weight excluding hydrogens is 178 g/mol. The lowest BCUT2D eigenvalue weighted by atomic mass is 9.89. The quantitative estimate of drug-likeness (QED) is 0.711. The van der Waals surface area contributed by atoms with Gasteiger partial charge < -0.3 is 15.2 Å². The molecule has 1 saturated carbocycles. The fourth-order valence-electron chi connectivity index (χ4n) is 2.04. The van der Waals surface area contributed by atoms with E-state index in [1.54, 1.807) is 0 Å². The summed E-state index contributed by atoms with van der Waals surface area (Å²) in [5.41, 5.74) is -0.512. The van der Waals surface area contributed by atoms with Crippen molar-refractivity contribution in [3.05, 3.63) is 0 Å². The summed E-state index contributed by atoms with van der Waals surface area (Å²) in [5.74, 6) is 0. The minimum Gasteiger partial charge on any atom is -0.388 e. The summed E-state index contributed by atoms with van der Waals surface area (Å²) in [7, 11) is 0. The van der Waals surface area contributed by atoms with Crippen LogP contribution in [0.2, 0.25) is 0 Å². The zero-order valence-corrected chi connectivity index (χ0v) is 8.96. The van der Waals surface area contributed by atoms with E-state index in [4.69, 9.17) is 4.74 Å². The molecule has 1 aliphatic carbocycles. The highest BCUT2D eigenvalue weighted by molar-refractivity contribution is 4.91.